The van der Waals surface area contributed by atoms with Gasteiger partial charge in [-0.1, -0.05) is 79.7 Å². The summed E-state index contributed by atoms with van der Waals surface area (Å²) in [4.78, 5) is 11.6. The van der Waals surface area contributed by atoms with Gasteiger partial charge < -0.3 is 4.74 Å². The highest BCUT2D eigenvalue weighted by atomic mass is 16.6. The molecule has 0 aromatic heterocycles. The Hall–Kier alpha value is -3.19. The second-order valence-corrected chi connectivity index (χ2v) is 6.99. The van der Waals surface area contributed by atoms with Crippen LogP contribution in [0.2, 0.25) is 0 Å². The molecule has 3 aromatic carbocycles. The van der Waals surface area contributed by atoms with Crippen LogP contribution in [0.1, 0.15) is 29.5 Å². The van der Waals surface area contributed by atoms with Crippen molar-refractivity contribution >= 4 is 6.09 Å². The molecule has 0 spiro atoms. The number of carbonyl (C=O) groups is 1. The summed E-state index contributed by atoms with van der Waals surface area (Å²) >= 11 is 0. The molecule has 3 rings (SSSR count). The maximum absolute atomic E-state index is 11.6. The van der Waals surface area contributed by atoms with E-state index in [1.807, 2.05) is 36.2 Å². The monoisotopic (exact) mass is 404 g/mol. The molecule has 0 saturated heterocycles. The summed E-state index contributed by atoms with van der Waals surface area (Å²) in [5.41, 5.74) is 8.65. The minimum Gasteiger partial charge on any atom is -0.409 e. The maximum atomic E-state index is 11.6. The van der Waals surface area contributed by atoms with E-state index in [9.17, 15) is 4.79 Å². The highest BCUT2D eigenvalue weighted by Crippen LogP contribution is 2.25. The molecule has 3 aromatic rings. The van der Waals surface area contributed by atoms with E-state index in [4.69, 9.17) is 10.6 Å². The van der Waals surface area contributed by atoms with Crippen molar-refractivity contribution in [1.29, 1.82) is 0 Å². The number of hydrogen-bond acceptors (Lipinski definition) is 5. The number of nitrogens with zero attached hydrogens (tertiary/aromatic N) is 1. The maximum Gasteiger partial charge on any atom is 0.427 e. The minimum absolute atomic E-state index is 0.176. The van der Waals surface area contributed by atoms with E-state index in [0.717, 1.165) is 5.56 Å². The fourth-order valence-electron chi connectivity index (χ4n) is 3.26. The Kier molecular flexibility index (Phi) is 7.97. The molecule has 0 aliphatic rings. The number of benzene rings is 3. The molecule has 30 heavy (non-hydrogen) atoms. The van der Waals surface area contributed by atoms with E-state index in [1.54, 1.807) is 12.1 Å². The molecule has 0 aliphatic heterocycles. The fourth-order valence-corrected chi connectivity index (χ4v) is 3.26. The minimum atomic E-state index is -0.543. The van der Waals surface area contributed by atoms with E-state index in [0.29, 0.717) is 25.4 Å². The van der Waals surface area contributed by atoms with Crippen molar-refractivity contribution in [2.45, 2.75) is 19.4 Å². The molecule has 6 nitrogen and oxygen atoms in total. The number of rotatable bonds is 9. The molecular weight excluding hydrogens is 376 g/mol. The lowest BCUT2D eigenvalue weighted by atomic mass is 9.91. The predicted molar refractivity (Wildman–Crippen MR) is 119 cm³/mol. The average Bonchev–Trinajstić information content (AvgIpc) is 2.78. The van der Waals surface area contributed by atoms with Crippen LogP contribution in [-0.2, 0) is 6.54 Å². The van der Waals surface area contributed by atoms with Crippen LogP contribution in [0.4, 0.5) is 4.79 Å². The fraction of sp³-hybridized carbons (Fsp3) is 0.208. The highest BCUT2D eigenvalue weighted by Gasteiger charge is 2.17. The number of ether oxygens (including phenoxy) is 1. The van der Waals surface area contributed by atoms with Gasteiger partial charge in [0.15, 0.2) is 0 Å². The molecule has 0 heterocycles. The molecule has 0 radical (unpaired) electrons. The lowest BCUT2D eigenvalue weighted by Gasteiger charge is -2.25. The molecule has 0 aliphatic carbocycles. The number of nitrogens with one attached hydrogen (secondary N) is 2. The van der Waals surface area contributed by atoms with Gasteiger partial charge in [0, 0.05) is 25.6 Å². The van der Waals surface area contributed by atoms with Crippen LogP contribution < -0.4 is 21.4 Å². The third-order valence-electron chi connectivity index (χ3n) is 4.71. The number of hydrazine groups is 2. The van der Waals surface area contributed by atoms with Crippen molar-refractivity contribution < 1.29 is 9.53 Å². The van der Waals surface area contributed by atoms with Crippen LogP contribution in [0.5, 0.6) is 5.75 Å². The molecule has 0 bridgehead atoms. The van der Waals surface area contributed by atoms with Gasteiger partial charge in [0.25, 0.3) is 0 Å². The summed E-state index contributed by atoms with van der Waals surface area (Å²) in [5.74, 6) is 7.04. The Morgan fingerprint density at radius 2 is 1.50 bits per heavy atom. The van der Waals surface area contributed by atoms with Crippen LogP contribution >= 0.6 is 0 Å². The molecule has 0 unspecified atom stereocenters. The zero-order valence-corrected chi connectivity index (χ0v) is 17.1. The molecule has 156 valence electrons. The standard InChI is InChI=1S/C24H28N4O2/c1-2-26-27-24(29)30-22-15-13-19(14-16-22)17-28(25)18-23(20-9-5-3-6-10-20)21-11-7-4-8-12-21/h3-16,23,26H,2,17-18,25H2,1H3,(H,27,29). The number of carbonyl (C=O) groups excluding carboxylic acids is 1. The van der Waals surface area contributed by atoms with E-state index in [2.05, 4.69) is 59.4 Å². The first-order chi connectivity index (χ1) is 14.7. The predicted octanol–water partition coefficient (Wildman–Crippen LogP) is 3.81. The quantitative estimate of drug-likeness (QED) is 0.373. The molecule has 1 amide bonds. The Labute approximate surface area is 177 Å². The third kappa shape index (κ3) is 6.42. The second kappa shape index (κ2) is 11.1. The van der Waals surface area contributed by atoms with Crippen LogP contribution in [0, 0.1) is 0 Å². The second-order valence-electron chi connectivity index (χ2n) is 6.99. The van der Waals surface area contributed by atoms with Crippen LogP contribution in [-0.4, -0.2) is 24.2 Å². The molecule has 4 N–H and O–H groups in total. The summed E-state index contributed by atoms with van der Waals surface area (Å²) in [7, 11) is 0. The number of nitrogens with two attached hydrogens (primary N) is 1. The van der Waals surface area contributed by atoms with E-state index < -0.39 is 6.09 Å². The van der Waals surface area contributed by atoms with Crippen LogP contribution in [0.15, 0.2) is 84.9 Å². The molecule has 0 atom stereocenters. The van der Waals surface area contributed by atoms with Gasteiger partial charge in [0.1, 0.15) is 5.75 Å². The molecule has 6 heteroatoms. The van der Waals surface area contributed by atoms with Gasteiger partial charge in [-0.05, 0) is 28.8 Å². The van der Waals surface area contributed by atoms with E-state index in [-0.39, 0.29) is 5.92 Å². The first-order valence-electron chi connectivity index (χ1n) is 10.0. The lowest BCUT2D eigenvalue weighted by Crippen LogP contribution is -2.39. The van der Waals surface area contributed by atoms with Crippen molar-refractivity contribution in [3.63, 3.8) is 0 Å². The van der Waals surface area contributed by atoms with Crippen molar-refractivity contribution in [2.75, 3.05) is 13.1 Å². The van der Waals surface area contributed by atoms with Crippen LogP contribution in [0.25, 0.3) is 0 Å². The summed E-state index contributed by atoms with van der Waals surface area (Å²) < 4.78 is 5.20. The van der Waals surface area contributed by atoms with Gasteiger partial charge in [-0.25, -0.2) is 15.2 Å². The van der Waals surface area contributed by atoms with Crippen molar-refractivity contribution in [3.05, 3.63) is 102 Å². The summed E-state index contributed by atoms with van der Waals surface area (Å²) in [6.45, 7) is 3.76. The number of hydrogen-bond donors (Lipinski definition) is 3. The Morgan fingerprint density at radius 1 is 0.933 bits per heavy atom. The first-order valence-corrected chi connectivity index (χ1v) is 10.0. The van der Waals surface area contributed by atoms with Crippen molar-refractivity contribution in [3.8, 4) is 5.75 Å². The zero-order valence-electron chi connectivity index (χ0n) is 17.1. The summed E-state index contributed by atoms with van der Waals surface area (Å²) in [5, 5.41) is 1.82. The van der Waals surface area contributed by atoms with Gasteiger partial charge in [-0.3, -0.25) is 11.3 Å². The first kappa shape index (κ1) is 21.5. The van der Waals surface area contributed by atoms with Gasteiger partial charge in [0.2, 0.25) is 0 Å². The Morgan fingerprint density at radius 3 is 2.03 bits per heavy atom. The van der Waals surface area contributed by atoms with Gasteiger partial charge in [0.05, 0.1) is 0 Å². The normalized spacial score (nSPS) is 10.9. The zero-order chi connectivity index (χ0) is 21.2. The Bertz CT molecular complexity index is 862. The molecule has 0 saturated carbocycles. The number of amides is 1. The average molecular weight is 405 g/mol. The summed E-state index contributed by atoms with van der Waals surface area (Å²) in [6.07, 6.45) is -0.543. The summed E-state index contributed by atoms with van der Waals surface area (Å²) in [6, 6.07) is 28.1. The van der Waals surface area contributed by atoms with Gasteiger partial charge in [-0.15, -0.1) is 0 Å². The Balaban J connectivity index is 1.63. The molecule has 0 fully saturated rings. The van der Waals surface area contributed by atoms with Gasteiger partial charge >= 0.3 is 6.09 Å². The van der Waals surface area contributed by atoms with Crippen molar-refractivity contribution in [2.24, 2.45) is 5.84 Å². The largest absolute Gasteiger partial charge is 0.427 e. The smallest absolute Gasteiger partial charge is 0.409 e. The van der Waals surface area contributed by atoms with Crippen LogP contribution in [0.3, 0.4) is 0 Å². The van der Waals surface area contributed by atoms with Crippen molar-refractivity contribution in [1.82, 2.24) is 15.9 Å². The third-order valence-corrected chi connectivity index (χ3v) is 4.71. The van der Waals surface area contributed by atoms with Gasteiger partial charge in [-0.2, -0.15) is 0 Å². The topological polar surface area (TPSA) is 79.6 Å². The van der Waals surface area contributed by atoms with E-state index in [1.165, 1.54) is 11.1 Å². The SMILES string of the molecule is CCNNC(=O)Oc1ccc(CN(N)CC(c2ccccc2)c2ccccc2)cc1. The highest BCUT2D eigenvalue weighted by molar-refractivity contribution is 5.69. The lowest BCUT2D eigenvalue weighted by molar-refractivity contribution is 0.195. The molecular formula is C24H28N4O2. The van der Waals surface area contributed by atoms with E-state index >= 15 is 0 Å².